The lowest BCUT2D eigenvalue weighted by atomic mass is 9.37. The third kappa shape index (κ3) is 3.42. The van der Waals surface area contributed by atoms with Crippen LogP contribution in [0.1, 0.15) is 47.5 Å². The van der Waals surface area contributed by atoms with Gasteiger partial charge in [0.1, 0.15) is 12.2 Å². The van der Waals surface area contributed by atoms with Gasteiger partial charge in [0.2, 0.25) is 17.5 Å². The Hall–Kier alpha value is -2.63. The maximum absolute atomic E-state index is 13.5. The number of esters is 3. The summed E-state index contributed by atoms with van der Waals surface area (Å²) in [5.41, 5.74) is -3.85. The fourth-order valence-corrected chi connectivity index (χ4v) is 8.56. The predicted octanol–water partition coefficient (Wildman–Crippen LogP) is 0.526. The quantitative estimate of drug-likeness (QED) is 0.218. The van der Waals surface area contributed by atoms with E-state index >= 15 is 0 Å². The lowest BCUT2D eigenvalue weighted by Crippen LogP contribution is -2.79. The molecule has 2 aliphatic heterocycles. The van der Waals surface area contributed by atoms with Crippen molar-refractivity contribution in [1.82, 2.24) is 0 Å². The Morgan fingerprint density at radius 1 is 1.15 bits per heavy atom. The van der Waals surface area contributed by atoms with Crippen LogP contribution >= 0.6 is 0 Å². The molecule has 11 atom stereocenters. The van der Waals surface area contributed by atoms with Gasteiger partial charge in [-0.2, -0.15) is 0 Å². The number of methoxy groups -OCH3 is 1. The molecule has 0 radical (unpaired) electrons. The number of fused-ring (bicyclic) bond motifs is 2. The average molecular weight is 549 g/mol. The summed E-state index contributed by atoms with van der Waals surface area (Å²) in [7, 11) is 1.09. The molecule has 3 aliphatic carbocycles. The maximum atomic E-state index is 13.5. The molecule has 5 rings (SSSR count). The topological polar surface area (TPSA) is 163 Å². The molecule has 3 saturated carbocycles. The molecule has 39 heavy (non-hydrogen) atoms. The van der Waals surface area contributed by atoms with Crippen molar-refractivity contribution < 1.29 is 53.1 Å². The Morgan fingerprint density at radius 3 is 2.44 bits per heavy atom. The van der Waals surface area contributed by atoms with Crippen molar-refractivity contribution in [3.05, 3.63) is 11.6 Å². The van der Waals surface area contributed by atoms with Crippen molar-refractivity contribution in [3.8, 4) is 0 Å². The van der Waals surface area contributed by atoms with E-state index < -0.39 is 94.0 Å². The van der Waals surface area contributed by atoms with Crippen LogP contribution < -0.4 is 0 Å². The Bertz CT molecular complexity index is 1170. The van der Waals surface area contributed by atoms with Gasteiger partial charge in [0, 0.05) is 29.7 Å². The summed E-state index contributed by atoms with van der Waals surface area (Å²) in [6.07, 6.45) is -4.82. The van der Waals surface area contributed by atoms with Gasteiger partial charge in [0.05, 0.1) is 25.7 Å². The number of carbonyl (C=O) groups excluding carboxylic acids is 5. The van der Waals surface area contributed by atoms with Crippen LogP contribution in [0.4, 0.5) is 0 Å². The molecule has 11 heteroatoms. The zero-order valence-electron chi connectivity index (χ0n) is 23.0. The van der Waals surface area contributed by atoms with Crippen LogP contribution in [-0.2, 0) is 42.9 Å². The second-order valence-corrected chi connectivity index (χ2v) is 12.5. The molecule has 0 aromatic rings. The molecular weight excluding hydrogens is 512 g/mol. The van der Waals surface area contributed by atoms with Crippen LogP contribution in [0.25, 0.3) is 0 Å². The van der Waals surface area contributed by atoms with Gasteiger partial charge in [-0.15, -0.1) is 0 Å². The Morgan fingerprint density at radius 2 is 1.82 bits per heavy atom. The highest BCUT2D eigenvalue weighted by molar-refractivity contribution is 6.38. The summed E-state index contributed by atoms with van der Waals surface area (Å²) >= 11 is 0. The van der Waals surface area contributed by atoms with E-state index in [2.05, 4.69) is 0 Å². The maximum Gasteiger partial charge on any atom is 0.348 e. The standard InChI is InChI=1S/C28H36O11/c1-11(2)12(3)7-17(30)39-20-22-27-10-37-28(22,25(35)36-6)23(33)19(32)21(27)26(5)9-15(29)18(31)13(4)14(26)8-16(27)38-24(20)34/h7,11,13-14,16,19-23,32-33H,8-10H2,1-6H3/t13?,14-,16?,19+,20+,21+,22?,23-,26-,27+,28+/m0/s1. The molecule has 3 unspecified atom stereocenters. The minimum atomic E-state index is -2.23. The van der Waals surface area contributed by atoms with Crippen LogP contribution in [0.3, 0.4) is 0 Å². The number of hydrogen-bond acceptors (Lipinski definition) is 11. The van der Waals surface area contributed by atoms with E-state index in [0.29, 0.717) is 5.57 Å². The molecular formula is C28H36O11. The number of carbonyl (C=O) groups is 5. The fraction of sp³-hybridized carbons (Fsp3) is 0.750. The molecule has 5 aliphatic rings. The van der Waals surface area contributed by atoms with Gasteiger partial charge in [0.15, 0.2) is 5.78 Å². The van der Waals surface area contributed by atoms with Crippen molar-refractivity contribution in [2.24, 2.45) is 40.4 Å². The molecule has 2 N–H and O–H groups in total. The van der Waals surface area contributed by atoms with Gasteiger partial charge >= 0.3 is 17.9 Å². The molecule has 11 nitrogen and oxygen atoms in total. The average Bonchev–Trinajstić information content (AvgIpc) is 3.18. The number of Topliss-reactive ketones (excluding diaryl/α,β-unsaturated/α-hetero) is 2. The van der Waals surface area contributed by atoms with Gasteiger partial charge in [-0.05, 0) is 30.6 Å². The molecule has 1 spiro atoms. The first kappa shape index (κ1) is 27.9. The van der Waals surface area contributed by atoms with Crippen LogP contribution in [0.2, 0.25) is 0 Å². The monoisotopic (exact) mass is 548 g/mol. The molecule has 2 bridgehead atoms. The second-order valence-electron chi connectivity index (χ2n) is 12.5. The first-order valence-corrected chi connectivity index (χ1v) is 13.4. The molecule has 5 fully saturated rings. The largest absolute Gasteiger partial charge is 0.467 e. The number of aliphatic hydroxyl groups is 2. The van der Waals surface area contributed by atoms with Gasteiger partial charge < -0.3 is 29.2 Å². The lowest BCUT2D eigenvalue weighted by molar-refractivity contribution is -0.295. The SMILES string of the molecule is COC(=O)[C@]12OC[C@@]34C(C[C@H]5C(C)C(=O)C(=O)C[C@]5(C)[C@H]3[C@@H](O)[C@@H]1O)OC(=O)[C@H](OC(=O)C=C(C)C(C)C)C42. The van der Waals surface area contributed by atoms with Crippen LogP contribution in [0.15, 0.2) is 11.6 Å². The first-order valence-electron chi connectivity index (χ1n) is 13.4. The molecule has 2 heterocycles. The van der Waals surface area contributed by atoms with Crippen molar-refractivity contribution >= 4 is 29.5 Å². The zero-order chi connectivity index (χ0) is 28.8. The van der Waals surface area contributed by atoms with E-state index in [1.54, 1.807) is 20.8 Å². The first-order chi connectivity index (χ1) is 18.2. The lowest BCUT2D eigenvalue weighted by Gasteiger charge is -2.67. The number of hydrogen-bond donors (Lipinski definition) is 2. The third-order valence-electron chi connectivity index (χ3n) is 10.5. The van der Waals surface area contributed by atoms with E-state index in [-0.39, 0.29) is 25.4 Å². The van der Waals surface area contributed by atoms with Crippen LogP contribution in [0.5, 0.6) is 0 Å². The second kappa shape index (κ2) is 8.94. The Labute approximate surface area is 226 Å². The van der Waals surface area contributed by atoms with E-state index in [1.807, 2.05) is 13.8 Å². The fourth-order valence-electron chi connectivity index (χ4n) is 8.56. The predicted molar refractivity (Wildman–Crippen MR) is 130 cm³/mol. The van der Waals surface area contributed by atoms with E-state index in [1.165, 1.54) is 6.08 Å². The van der Waals surface area contributed by atoms with Crippen molar-refractivity contribution in [1.29, 1.82) is 0 Å². The minimum Gasteiger partial charge on any atom is -0.467 e. The Kier molecular flexibility index (Phi) is 6.40. The third-order valence-corrected chi connectivity index (χ3v) is 10.5. The van der Waals surface area contributed by atoms with Crippen LogP contribution in [-0.4, -0.2) is 83.4 Å². The summed E-state index contributed by atoms with van der Waals surface area (Å²) in [5, 5.41) is 23.3. The van der Waals surface area contributed by atoms with Gasteiger partial charge in [0.25, 0.3) is 0 Å². The number of ether oxygens (including phenoxy) is 4. The van der Waals surface area contributed by atoms with E-state index in [0.717, 1.165) is 7.11 Å². The highest BCUT2D eigenvalue weighted by Gasteiger charge is 2.85. The number of allylic oxidation sites excluding steroid dienone is 1. The summed E-state index contributed by atoms with van der Waals surface area (Å²) in [6, 6.07) is 0. The highest BCUT2D eigenvalue weighted by atomic mass is 16.6. The van der Waals surface area contributed by atoms with Gasteiger partial charge in [-0.3, -0.25) is 9.59 Å². The normalized spacial score (nSPS) is 46.8. The molecule has 0 amide bonds. The van der Waals surface area contributed by atoms with Crippen molar-refractivity contribution in [2.45, 2.75) is 77.5 Å². The van der Waals surface area contributed by atoms with Crippen molar-refractivity contribution in [3.63, 3.8) is 0 Å². The number of rotatable bonds is 4. The van der Waals surface area contributed by atoms with Gasteiger partial charge in [-0.1, -0.05) is 33.3 Å². The molecule has 0 aromatic carbocycles. The molecule has 214 valence electrons. The van der Waals surface area contributed by atoms with Crippen molar-refractivity contribution in [2.75, 3.05) is 13.7 Å². The molecule has 2 saturated heterocycles. The smallest absolute Gasteiger partial charge is 0.348 e. The summed E-state index contributed by atoms with van der Waals surface area (Å²) in [5.74, 6) is -7.22. The van der Waals surface area contributed by atoms with Crippen LogP contribution in [0, 0.1) is 40.4 Å². The zero-order valence-corrected chi connectivity index (χ0v) is 23.0. The number of ketones is 2. The van der Waals surface area contributed by atoms with E-state index in [4.69, 9.17) is 18.9 Å². The minimum absolute atomic E-state index is 0.0274. The summed E-state index contributed by atoms with van der Waals surface area (Å²) in [4.78, 5) is 65.4. The molecule has 0 aromatic heterocycles. The summed E-state index contributed by atoms with van der Waals surface area (Å²) in [6.45, 7) is 8.72. The highest BCUT2D eigenvalue weighted by Crippen LogP contribution is 2.72. The van der Waals surface area contributed by atoms with E-state index in [9.17, 15) is 34.2 Å². The van der Waals surface area contributed by atoms with Gasteiger partial charge in [-0.25, -0.2) is 14.4 Å². The number of aliphatic hydroxyl groups excluding tert-OH is 2. The summed E-state index contributed by atoms with van der Waals surface area (Å²) < 4.78 is 22.7. The Balaban J connectivity index is 1.69.